The van der Waals surface area contributed by atoms with Gasteiger partial charge in [-0.3, -0.25) is 9.59 Å². The summed E-state index contributed by atoms with van der Waals surface area (Å²) < 4.78 is 0.967. The molecule has 0 aliphatic rings. The third-order valence-corrected chi connectivity index (χ3v) is 5.14. The van der Waals surface area contributed by atoms with Crippen LogP contribution >= 0.6 is 38.6 Å². The van der Waals surface area contributed by atoms with E-state index in [0.29, 0.717) is 10.0 Å². The van der Waals surface area contributed by atoms with Crippen molar-refractivity contribution >= 4 is 55.5 Å². The molecule has 2 amide bonds. The number of thiazole rings is 1. The van der Waals surface area contributed by atoms with Crippen LogP contribution in [0.1, 0.15) is 9.67 Å². The summed E-state index contributed by atoms with van der Waals surface area (Å²) in [5, 5.41) is 9.46. The van der Waals surface area contributed by atoms with Crippen molar-refractivity contribution < 1.29 is 9.59 Å². The number of nitrogens with zero attached hydrogens (tertiary/aromatic N) is 1. The number of hydrogen-bond acceptors (Lipinski definition) is 5. The predicted octanol–water partition coefficient (Wildman–Crippen LogP) is 4.00. The highest BCUT2D eigenvalue weighted by molar-refractivity contribution is 9.10. The summed E-state index contributed by atoms with van der Waals surface area (Å²) in [5.74, 6) is -0.566. The summed E-state index contributed by atoms with van der Waals surface area (Å²) in [6.45, 7) is -0.0947. The highest BCUT2D eigenvalue weighted by Crippen LogP contribution is 2.26. The first-order valence-electron chi connectivity index (χ1n) is 6.95. The second kappa shape index (κ2) is 7.69. The Morgan fingerprint density at radius 3 is 2.79 bits per heavy atom. The van der Waals surface area contributed by atoms with Crippen LogP contribution in [0, 0.1) is 0 Å². The van der Waals surface area contributed by atoms with Crippen molar-refractivity contribution in [3.63, 3.8) is 0 Å². The van der Waals surface area contributed by atoms with Gasteiger partial charge in [0.25, 0.3) is 5.91 Å². The van der Waals surface area contributed by atoms with Crippen molar-refractivity contribution in [3.8, 4) is 11.3 Å². The largest absolute Gasteiger partial charge is 0.342 e. The predicted molar refractivity (Wildman–Crippen MR) is 101 cm³/mol. The number of carbonyl (C=O) groups excluding carboxylic acids is 2. The summed E-state index contributed by atoms with van der Waals surface area (Å²) in [5.41, 5.74) is 1.76. The van der Waals surface area contributed by atoms with Crippen LogP contribution in [-0.2, 0) is 4.79 Å². The Bertz CT molecular complexity index is 862. The lowest BCUT2D eigenvalue weighted by Crippen LogP contribution is -2.32. The summed E-state index contributed by atoms with van der Waals surface area (Å²) in [7, 11) is 0. The zero-order chi connectivity index (χ0) is 16.9. The molecule has 1 aromatic carbocycles. The van der Waals surface area contributed by atoms with E-state index in [1.807, 2.05) is 35.0 Å². The third-order valence-electron chi connectivity index (χ3n) is 3.03. The number of halogens is 1. The number of amides is 2. The molecule has 8 heteroatoms. The number of carbonyl (C=O) groups is 2. The van der Waals surface area contributed by atoms with Crippen LogP contribution in [-0.4, -0.2) is 23.3 Å². The van der Waals surface area contributed by atoms with E-state index in [9.17, 15) is 9.59 Å². The van der Waals surface area contributed by atoms with Gasteiger partial charge in [-0.15, -0.1) is 22.7 Å². The first-order chi connectivity index (χ1) is 11.6. The van der Waals surface area contributed by atoms with Gasteiger partial charge in [-0.25, -0.2) is 4.98 Å². The van der Waals surface area contributed by atoms with Gasteiger partial charge in [-0.05, 0) is 23.6 Å². The van der Waals surface area contributed by atoms with E-state index in [4.69, 9.17) is 0 Å². The Labute approximate surface area is 154 Å². The van der Waals surface area contributed by atoms with Gasteiger partial charge in [-0.2, -0.15) is 0 Å². The molecule has 0 atom stereocenters. The van der Waals surface area contributed by atoms with Crippen molar-refractivity contribution in [1.29, 1.82) is 0 Å². The van der Waals surface area contributed by atoms with Crippen molar-refractivity contribution in [2.75, 3.05) is 11.9 Å². The van der Waals surface area contributed by atoms with Crippen LogP contribution < -0.4 is 10.6 Å². The van der Waals surface area contributed by atoms with E-state index in [-0.39, 0.29) is 18.4 Å². The molecule has 2 aromatic heterocycles. The van der Waals surface area contributed by atoms with Crippen LogP contribution in [0.4, 0.5) is 5.13 Å². The van der Waals surface area contributed by atoms with Crippen molar-refractivity contribution in [1.82, 2.24) is 10.3 Å². The van der Waals surface area contributed by atoms with E-state index >= 15 is 0 Å². The monoisotopic (exact) mass is 421 g/mol. The molecule has 0 saturated carbocycles. The molecule has 0 aliphatic heterocycles. The van der Waals surface area contributed by atoms with Gasteiger partial charge < -0.3 is 10.6 Å². The molecule has 0 bridgehead atoms. The fraction of sp³-hybridized carbons (Fsp3) is 0.0625. The van der Waals surface area contributed by atoms with Gasteiger partial charge >= 0.3 is 0 Å². The van der Waals surface area contributed by atoms with Gasteiger partial charge in [0.05, 0.1) is 17.1 Å². The van der Waals surface area contributed by atoms with E-state index in [2.05, 4.69) is 31.5 Å². The zero-order valence-corrected chi connectivity index (χ0v) is 15.5. The quantitative estimate of drug-likeness (QED) is 0.653. The number of hydrogen-bond donors (Lipinski definition) is 2. The van der Waals surface area contributed by atoms with Gasteiger partial charge in [0, 0.05) is 15.4 Å². The molecule has 3 aromatic rings. The first-order valence-corrected chi connectivity index (χ1v) is 9.50. The molecule has 0 radical (unpaired) electrons. The third kappa shape index (κ3) is 4.28. The van der Waals surface area contributed by atoms with Gasteiger partial charge in [0.1, 0.15) is 0 Å². The maximum atomic E-state index is 11.9. The molecule has 0 saturated heterocycles. The lowest BCUT2D eigenvalue weighted by Gasteiger charge is -2.03. The van der Waals surface area contributed by atoms with Crippen LogP contribution in [0.15, 0.2) is 51.6 Å². The topological polar surface area (TPSA) is 71.1 Å². The number of thiophene rings is 1. The minimum absolute atomic E-state index is 0.0947. The Balaban J connectivity index is 1.56. The lowest BCUT2D eigenvalue weighted by molar-refractivity contribution is -0.115. The minimum Gasteiger partial charge on any atom is -0.342 e. The lowest BCUT2D eigenvalue weighted by atomic mass is 10.2. The molecule has 3 rings (SSSR count). The summed E-state index contributed by atoms with van der Waals surface area (Å²) in [6, 6.07) is 11.3. The summed E-state index contributed by atoms with van der Waals surface area (Å²) in [6.07, 6.45) is 0. The second-order valence-corrected chi connectivity index (χ2v) is 7.48. The molecule has 122 valence electrons. The Morgan fingerprint density at radius 2 is 2.04 bits per heavy atom. The number of benzene rings is 1. The molecular weight excluding hydrogens is 410 g/mol. The molecule has 2 N–H and O–H groups in total. The number of rotatable bonds is 5. The normalized spacial score (nSPS) is 10.4. The van der Waals surface area contributed by atoms with Gasteiger partial charge in [0.15, 0.2) is 5.13 Å². The maximum absolute atomic E-state index is 11.9. The van der Waals surface area contributed by atoms with E-state index in [0.717, 1.165) is 15.7 Å². The maximum Gasteiger partial charge on any atom is 0.261 e. The summed E-state index contributed by atoms with van der Waals surface area (Å²) in [4.78, 5) is 28.7. The molecule has 0 fully saturated rings. The smallest absolute Gasteiger partial charge is 0.261 e. The summed E-state index contributed by atoms with van der Waals surface area (Å²) >= 11 is 6.10. The van der Waals surface area contributed by atoms with Crippen LogP contribution in [0.2, 0.25) is 0 Å². The molecule has 24 heavy (non-hydrogen) atoms. The van der Waals surface area contributed by atoms with Gasteiger partial charge in [-0.1, -0.05) is 34.1 Å². The SMILES string of the molecule is O=C(CNC(=O)c1cccs1)Nc1nc(-c2cccc(Br)c2)cs1. The minimum atomic E-state index is -0.310. The van der Waals surface area contributed by atoms with E-state index < -0.39 is 0 Å². The zero-order valence-electron chi connectivity index (χ0n) is 12.3. The van der Waals surface area contributed by atoms with Crippen LogP contribution in [0.5, 0.6) is 0 Å². The Hall–Kier alpha value is -2.03. The molecule has 5 nitrogen and oxygen atoms in total. The molecule has 0 aliphatic carbocycles. The average Bonchev–Trinajstić information content (AvgIpc) is 3.24. The average molecular weight is 422 g/mol. The molecule has 2 heterocycles. The number of anilines is 1. The van der Waals surface area contributed by atoms with Crippen LogP contribution in [0.3, 0.4) is 0 Å². The van der Waals surface area contributed by atoms with Crippen molar-refractivity contribution in [3.05, 3.63) is 56.5 Å². The molecule has 0 spiro atoms. The molecular formula is C16H12BrN3O2S2. The first kappa shape index (κ1) is 16.8. The van der Waals surface area contributed by atoms with Crippen molar-refractivity contribution in [2.24, 2.45) is 0 Å². The Kier molecular flexibility index (Phi) is 5.39. The fourth-order valence-corrected chi connectivity index (χ4v) is 3.71. The number of nitrogens with one attached hydrogen (secondary N) is 2. The Morgan fingerprint density at radius 1 is 1.17 bits per heavy atom. The van der Waals surface area contributed by atoms with Crippen LogP contribution in [0.25, 0.3) is 11.3 Å². The van der Waals surface area contributed by atoms with Gasteiger partial charge in [0.2, 0.25) is 5.91 Å². The standard InChI is InChI=1S/C16H12BrN3O2S2/c17-11-4-1-3-10(7-11)12-9-24-16(19-12)20-14(21)8-18-15(22)13-5-2-6-23-13/h1-7,9H,8H2,(H,18,22)(H,19,20,21). The second-order valence-electron chi connectivity index (χ2n) is 4.76. The van der Waals surface area contributed by atoms with E-state index in [1.54, 1.807) is 12.1 Å². The highest BCUT2D eigenvalue weighted by atomic mass is 79.9. The highest BCUT2D eigenvalue weighted by Gasteiger charge is 2.11. The van der Waals surface area contributed by atoms with Crippen molar-refractivity contribution in [2.45, 2.75) is 0 Å². The number of aromatic nitrogens is 1. The molecule has 0 unspecified atom stereocenters. The fourth-order valence-electron chi connectivity index (χ4n) is 1.93. The van der Waals surface area contributed by atoms with E-state index in [1.165, 1.54) is 22.7 Å².